The summed E-state index contributed by atoms with van der Waals surface area (Å²) in [6.07, 6.45) is 1.07. The smallest absolute Gasteiger partial charge is 0.262 e. The summed E-state index contributed by atoms with van der Waals surface area (Å²) in [5, 5.41) is 2.22. The van der Waals surface area contributed by atoms with Crippen LogP contribution in [-0.4, -0.2) is 27.2 Å². The van der Waals surface area contributed by atoms with E-state index >= 15 is 0 Å². The van der Waals surface area contributed by atoms with Crippen LogP contribution in [0.3, 0.4) is 0 Å². The molecule has 0 aromatic heterocycles. The molecule has 2 aromatic carbocycles. The second-order valence-corrected chi connectivity index (χ2v) is 7.11. The van der Waals surface area contributed by atoms with Crippen molar-refractivity contribution in [1.29, 1.82) is 0 Å². The number of carbonyl (C=O) groups is 1. The Morgan fingerprint density at radius 1 is 1.26 bits per heavy atom. The highest BCUT2D eigenvalue weighted by molar-refractivity contribution is 7.90. The molecule has 122 valence electrons. The van der Waals surface area contributed by atoms with Crippen molar-refractivity contribution in [3.05, 3.63) is 53.3 Å². The summed E-state index contributed by atoms with van der Waals surface area (Å²) in [6.45, 7) is -0.404. The number of halogens is 2. The molecule has 0 aliphatic heterocycles. The van der Waals surface area contributed by atoms with E-state index in [0.717, 1.165) is 6.26 Å². The maximum Gasteiger partial charge on any atom is 0.262 e. The monoisotopic (exact) mass is 357 g/mol. The summed E-state index contributed by atoms with van der Waals surface area (Å²) in [6, 6.07) is 9.97. The Labute approximate surface area is 138 Å². The van der Waals surface area contributed by atoms with E-state index in [2.05, 4.69) is 5.32 Å². The van der Waals surface area contributed by atoms with E-state index in [1.165, 1.54) is 42.5 Å². The van der Waals surface area contributed by atoms with Gasteiger partial charge in [0.25, 0.3) is 5.91 Å². The van der Waals surface area contributed by atoms with Crippen molar-refractivity contribution >= 4 is 33.0 Å². The number of hydrogen-bond acceptors (Lipinski definition) is 4. The van der Waals surface area contributed by atoms with Gasteiger partial charge in [0.05, 0.1) is 15.6 Å². The van der Waals surface area contributed by atoms with E-state index in [1.54, 1.807) is 0 Å². The average Bonchev–Trinajstić information content (AvgIpc) is 2.49. The highest BCUT2D eigenvalue weighted by atomic mass is 35.5. The molecule has 0 radical (unpaired) electrons. The number of sulfone groups is 1. The first-order valence-electron chi connectivity index (χ1n) is 6.44. The van der Waals surface area contributed by atoms with Crippen molar-refractivity contribution in [2.75, 3.05) is 18.2 Å². The lowest BCUT2D eigenvalue weighted by Gasteiger charge is -2.09. The predicted octanol–water partition coefficient (Wildman–Crippen LogP) is 2.90. The lowest BCUT2D eigenvalue weighted by molar-refractivity contribution is -0.118. The molecule has 5 nitrogen and oxygen atoms in total. The molecule has 1 amide bonds. The molecule has 0 aliphatic rings. The zero-order valence-electron chi connectivity index (χ0n) is 12.0. The van der Waals surface area contributed by atoms with Gasteiger partial charge in [-0.15, -0.1) is 0 Å². The van der Waals surface area contributed by atoms with E-state index < -0.39 is 28.2 Å². The van der Waals surface area contributed by atoms with Gasteiger partial charge in [-0.2, -0.15) is 0 Å². The van der Waals surface area contributed by atoms with Gasteiger partial charge in [0, 0.05) is 6.26 Å². The van der Waals surface area contributed by atoms with Crippen molar-refractivity contribution in [2.45, 2.75) is 4.90 Å². The Morgan fingerprint density at radius 2 is 1.96 bits per heavy atom. The third kappa shape index (κ3) is 4.67. The molecular weight excluding hydrogens is 345 g/mol. The number of hydrogen-bond donors (Lipinski definition) is 1. The van der Waals surface area contributed by atoms with Crippen LogP contribution in [-0.2, 0) is 14.6 Å². The van der Waals surface area contributed by atoms with Crippen LogP contribution in [0.5, 0.6) is 5.75 Å². The van der Waals surface area contributed by atoms with Gasteiger partial charge in [-0.3, -0.25) is 4.79 Å². The van der Waals surface area contributed by atoms with Crippen molar-refractivity contribution in [3.8, 4) is 5.75 Å². The van der Waals surface area contributed by atoms with Crippen LogP contribution in [0.15, 0.2) is 47.4 Å². The fourth-order valence-corrected chi connectivity index (χ4v) is 2.56. The van der Waals surface area contributed by atoms with Crippen LogP contribution >= 0.6 is 11.6 Å². The van der Waals surface area contributed by atoms with E-state index in [4.69, 9.17) is 16.3 Å². The predicted molar refractivity (Wildman–Crippen MR) is 85.1 cm³/mol. The van der Waals surface area contributed by atoms with Gasteiger partial charge < -0.3 is 10.1 Å². The van der Waals surface area contributed by atoms with E-state index in [9.17, 15) is 17.6 Å². The van der Waals surface area contributed by atoms with Crippen LogP contribution in [0.2, 0.25) is 5.02 Å². The number of nitrogens with one attached hydrogen (secondary N) is 1. The summed E-state index contributed by atoms with van der Waals surface area (Å²) < 4.78 is 41.8. The fraction of sp³-hybridized carbons (Fsp3) is 0.133. The molecule has 0 spiro atoms. The standard InChI is InChI=1S/C15H13ClFNO4S/c1-23(20,21)11-5-2-4-10(8-11)22-9-14(19)18-13-7-3-6-12(16)15(13)17/h2-8H,9H2,1H3,(H,18,19). The van der Waals surface area contributed by atoms with Gasteiger partial charge in [0.2, 0.25) is 0 Å². The zero-order chi connectivity index (χ0) is 17.0. The minimum Gasteiger partial charge on any atom is -0.484 e. The number of rotatable bonds is 5. The highest BCUT2D eigenvalue weighted by Crippen LogP contribution is 2.22. The number of anilines is 1. The quantitative estimate of drug-likeness (QED) is 0.893. The van der Waals surface area contributed by atoms with Crippen molar-refractivity contribution in [2.24, 2.45) is 0 Å². The van der Waals surface area contributed by atoms with Gasteiger partial charge in [-0.1, -0.05) is 23.7 Å². The van der Waals surface area contributed by atoms with Crippen molar-refractivity contribution < 1.29 is 22.3 Å². The van der Waals surface area contributed by atoms with E-state index in [0.29, 0.717) is 0 Å². The molecule has 0 atom stereocenters. The van der Waals surface area contributed by atoms with E-state index in [-0.39, 0.29) is 21.4 Å². The van der Waals surface area contributed by atoms with Crippen LogP contribution in [0, 0.1) is 5.82 Å². The van der Waals surface area contributed by atoms with Gasteiger partial charge in [-0.25, -0.2) is 12.8 Å². The molecular formula is C15H13ClFNO4S. The Hall–Kier alpha value is -2.12. The fourth-order valence-electron chi connectivity index (χ4n) is 1.73. The maximum atomic E-state index is 13.7. The topological polar surface area (TPSA) is 72.5 Å². The molecule has 0 aliphatic carbocycles. The Bertz CT molecular complexity index is 839. The van der Waals surface area contributed by atoms with Crippen LogP contribution in [0.4, 0.5) is 10.1 Å². The maximum absolute atomic E-state index is 13.7. The SMILES string of the molecule is CS(=O)(=O)c1cccc(OCC(=O)Nc2cccc(Cl)c2F)c1. The first-order valence-corrected chi connectivity index (χ1v) is 8.71. The molecule has 0 saturated carbocycles. The molecule has 0 fully saturated rings. The minimum absolute atomic E-state index is 0.0593. The largest absolute Gasteiger partial charge is 0.484 e. The molecule has 0 bridgehead atoms. The van der Waals surface area contributed by atoms with Crippen molar-refractivity contribution in [1.82, 2.24) is 0 Å². The Balaban J connectivity index is 2.01. The van der Waals surface area contributed by atoms with E-state index in [1.807, 2.05) is 0 Å². The average molecular weight is 358 g/mol. The molecule has 23 heavy (non-hydrogen) atoms. The second-order valence-electron chi connectivity index (χ2n) is 4.69. The summed E-state index contributed by atoms with van der Waals surface area (Å²) in [4.78, 5) is 11.8. The molecule has 0 saturated heterocycles. The Kier molecular flexibility index (Phi) is 5.23. The molecule has 8 heteroatoms. The third-order valence-electron chi connectivity index (χ3n) is 2.83. The van der Waals surface area contributed by atoms with Crippen LogP contribution in [0.25, 0.3) is 0 Å². The van der Waals surface area contributed by atoms with Gasteiger partial charge in [0.1, 0.15) is 5.75 Å². The molecule has 1 N–H and O–H groups in total. The first-order chi connectivity index (χ1) is 10.8. The normalized spacial score (nSPS) is 11.1. The number of carbonyl (C=O) groups excluding carboxylic acids is 1. The van der Waals surface area contributed by atoms with Crippen molar-refractivity contribution in [3.63, 3.8) is 0 Å². The summed E-state index contributed by atoms with van der Waals surface area (Å²) >= 11 is 5.62. The lowest BCUT2D eigenvalue weighted by Crippen LogP contribution is -2.20. The number of ether oxygens (including phenoxy) is 1. The lowest BCUT2D eigenvalue weighted by atomic mass is 10.3. The van der Waals surface area contributed by atoms with Gasteiger partial charge >= 0.3 is 0 Å². The third-order valence-corrected chi connectivity index (χ3v) is 4.23. The first kappa shape index (κ1) is 17.2. The van der Waals surface area contributed by atoms with Crippen LogP contribution < -0.4 is 10.1 Å². The minimum atomic E-state index is -3.37. The Morgan fingerprint density at radius 3 is 2.65 bits per heavy atom. The molecule has 2 aromatic rings. The highest BCUT2D eigenvalue weighted by Gasteiger charge is 2.11. The second kappa shape index (κ2) is 6.97. The summed E-state index contributed by atoms with van der Waals surface area (Å²) in [5.74, 6) is -1.12. The zero-order valence-corrected chi connectivity index (χ0v) is 13.6. The van der Waals surface area contributed by atoms with Gasteiger partial charge in [-0.05, 0) is 30.3 Å². The summed E-state index contributed by atoms with van der Waals surface area (Å²) in [7, 11) is -3.37. The molecule has 0 unspecified atom stereocenters. The number of amides is 1. The number of benzene rings is 2. The van der Waals surface area contributed by atoms with Gasteiger partial charge in [0.15, 0.2) is 22.3 Å². The molecule has 0 heterocycles. The molecule has 2 rings (SSSR count). The van der Waals surface area contributed by atoms with Crippen LogP contribution in [0.1, 0.15) is 0 Å². The summed E-state index contributed by atoms with van der Waals surface area (Å²) in [5.41, 5.74) is -0.0593.